The average Bonchev–Trinajstić information content (AvgIpc) is 2.55. The maximum Gasteiger partial charge on any atom is 0.338 e. The van der Waals surface area contributed by atoms with Crippen LogP contribution in [0.4, 0.5) is 5.69 Å². The fourth-order valence-electron chi connectivity index (χ4n) is 1.92. The molecule has 0 aliphatic rings. The van der Waals surface area contributed by atoms with Crippen LogP contribution >= 0.6 is 11.6 Å². The third-order valence-electron chi connectivity index (χ3n) is 3.16. The quantitative estimate of drug-likeness (QED) is 0.457. The first-order valence-corrected chi connectivity index (χ1v) is 7.13. The van der Waals surface area contributed by atoms with Crippen molar-refractivity contribution in [1.29, 1.82) is 0 Å². The highest BCUT2D eigenvalue weighted by atomic mass is 35.5. The number of nitro benzene ring substituents is 1. The molecule has 0 atom stereocenters. The number of nitrogens with zero attached hydrogens (tertiary/aromatic N) is 1. The van der Waals surface area contributed by atoms with E-state index < -0.39 is 10.9 Å². The lowest BCUT2D eigenvalue weighted by Gasteiger charge is -2.06. The molecule has 0 spiro atoms. The standard InChI is InChI=1S/C16H14ClNO5/c1-22-13-5-2-11(3-6-13)8-9-23-16(19)12-4-7-14(17)15(10-12)18(20)21/h2-7,10H,8-9H2,1H3. The van der Waals surface area contributed by atoms with Gasteiger partial charge in [-0.2, -0.15) is 0 Å². The number of carbonyl (C=O) groups is 1. The molecule has 0 aliphatic carbocycles. The summed E-state index contributed by atoms with van der Waals surface area (Å²) < 4.78 is 10.2. The Hall–Kier alpha value is -2.60. The molecule has 23 heavy (non-hydrogen) atoms. The van der Waals surface area contributed by atoms with Crippen LogP contribution in [0.15, 0.2) is 42.5 Å². The second kappa shape index (κ2) is 7.60. The molecular formula is C16H14ClNO5. The van der Waals surface area contributed by atoms with Crippen molar-refractivity contribution in [3.63, 3.8) is 0 Å². The van der Waals surface area contributed by atoms with E-state index in [0.29, 0.717) is 6.42 Å². The molecule has 0 bridgehead atoms. The van der Waals surface area contributed by atoms with E-state index in [-0.39, 0.29) is 22.9 Å². The summed E-state index contributed by atoms with van der Waals surface area (Å²) in [5.74, 6) is 0.123. The molecule has 7 heteroatoms. The number of benzene rings is 2. The molecule has 0 saturated carbocycles. The maximum atomic E-state index is 11.9. The van der Waals surface area contributed by atoms with Crippen LogP contribution in [0.1, 0.15) is 15.9 Å². The Labute approximate surface area is 137 Å². The minimum absolute atomic E-state index is 0.0233. The molecule has 6 nitrogen and oxygen atoms in total. The van der Waals surface area contributed by atoms with Crippen molar-refractivity contribution in [2.75, 3.05) is 13.7 Å². The first-order valence-electron chi connectivity index (χ1n) is 6.75. The third kappa shape index (κ3) is 4.43. The largest absolute Gasteiger partial charge is 0.497 e. The highest BCUT2D eigenvalue weighted by Gasteiger charge is 2.17. The summed E-state index contributed by atoms with van der Waals surface area (Å²) in [6, 6.07) is 11.2. The molecule has 2 rings (SSSR count). The number of methoxy groups -OCH3 is 1. The normalized spacial score (nSPS) is 10.2. The molecule has 0 saturated heterocycles. The topological polar surface area (TPSA) is 78.7 Å². The molecule has 0 aliphatic heterocycles. The average molecular weight is 336 g/mol. The van der Waals surface area contributed by atoms with Gasteiger partial charge in [0.1, 0.15) is 10.8 Å². The first-order chi connectivity index (χ1) is 11.0. The lowest BCUT2D eigenvalue weighted by molar-refractivity contribution is -0.384. The number of hydrogen-bond acceptors (Lipinski definition) is 5. The number of esters is 1. The Bertz CT molecular complexity index is 715. The Morgan fingerprint density at radius 1 is 1.22 bits per heavy atom. The van der Waals surface area contributed by atoms with Gasteiger partial charge in [-0.3, -0.25) is 10.1 Å². The number of halogens is 1. The number of carbonyl (C=O) groups excluding carboxylic acids is 1. The second-order valence-corrected chi connectivity index (χ2v) is 5.06. The summed E-state index contributed by atoms with van der Waals surface area (Å²) in [6.07, 6.45) is 0.533. The van der Waals surface area contributed by atoms with Gasteiger partial charge in [-0.15, -0.1) is 0 Å². The molecular weight excluding hydrogens is 322 g/mol. The van der Waals surface area contributed by atoms with Gasteiger partial charge in [0, 0.05) is 12.5 Å². The SMILES string of the molecule is COc1ccc(CCOC(=O)c2ccc(Cl)c([N+](=O)[O-])c2)cc1. The number of nitro groups is 1. The molecule has 0 radical (unpaired) electrons. The highest BCUT2D eigenvalue weighted by Crippen LogP contribution is 2.25. The maximum absolute atomic E-state index is 11.9. The summed E-state index contributed by atoms with van der Waals surface area (Å²) in [5, 5.41) is 10.8. The molecule has 0 aromatic heterocycles. The Kier molecular flexibility index (Phi) is 5.54. The predicted octanol–water partition coefficient (Wildman–Crippen LogP) is 3.66. The van der Waals surface area contributed by atoms with Gasteiger partial charge >= 0.3 is 5.97 Å². The van der Waals surface area contributed by atoms with Gasteiger partial charge in [0.25, 0.3) is 5.69 Å². The van der Waals surface area contributed by atoms with Crippen LogP contribution in [0.3, 0.4) is 0 Å². The molecule has 0 amide bonds. The fraction of sp³-hybridized carbons (Fsp3) is 0.188. The van der Waals surface area contributed by atoms with Crippen LogP contribution in [-0.4, -0.2) is 24.6 Å². The minimum atomic E-state index is -0.642. The molecule has 2 aromatic rings. The zero-order valence-corrected chi connectivity index (χ0v) is 13.1. The van der Waals surface area contributed by atoms with Crippen LogP contribution in [-0.2, 0) is 11.2 Å². The lowest BCUT2D eigenvalue weighted by Crippen LogP contribution is -2.08. The van der Waals surface area contributed by atoms with Gasteiger partial charge in [-0.25, -0.2) is 4.79 Å². The van der Waals surface area contributed by atoms with Crippen molar-refractivity contribution < 1.29 is 19.2 Å². The summed E-state index contributed by atoms with van der Waals surface area (Å²) in [4.78, 5) is 22.1. The summed E-state index contributed by atoms with van der Waals surface area (Å²) >= 11 is 5.70. The molecule has 0 N–H and O–H groups in total. The van der Waals surface area contributed by atoms with E-state index >= 15 is 0 Å². The van der Waals surface area contributed by atoms with Gasteiger partial charge in [-0.1, -0.05) is 23.7 Å². The Morgan fingerprint density at radius 3 is 2.52 bits per heavy atom. The van der Waals surface area contributed by atoms with Gasteiger partial charge in [0.15, 0.2) is 0 Å². The number of rotatable bonds is 6. The van der Waals surface area contributed by atoms with E-state index in [0.717, 1.165) is 17.4 Å². The van der Waals surface area contributed by atoms with Crippen LogP contribution < -0.4 is 4.74 Å². The van der Waals surface area contributed by atoms with Crippen molar-refractivity contribution in [1.82, 2.24) is 0 Å². The van der Waals surface area contributed by atoms with Crippen molar-refractivity contribution in [2.45, 2.75) is 6.42 Å². The number of ether oxygens (including phenoxy) is 2. The molecule has 0 unspecified atom stereocenters. The van der Waals surface area contributed by atoms with Crippen molar-refractivity contribution in [3.8, 4) is 5.75 Å². The van der Waals surface area contributed by atoms with Gasteiger partial charge < -0.3 is 9.47 Å². The Morgan fingerprint density at radius 2 is 1.91 bits per heavy atom. The van der Waals surface area contributed by atoms with Gasteiger partial charge in [0.05, 0.1) is 24.2 Å². The zero-order chi connectivity index (χ0) is 16.8. The van der Waals surface area contributed by atoms with Crippen molar-refractivity contribution in [3.05, 3.63) is 68.7 Å². The molecule has 0 fully saturated rings. The zero-order valence-electron chi connectivity index (χ0n) is 12.3. The van der Waals surface area contributed by atoms with E-state index in [1.54, 1.807) is 7.11 Å². The summed E-state index contributed by atoms with van der Waals surface area (Å²) in [6.45, 7) is 0.168. The van der Waals surface area contributed by atoms with Crippen LogP contribution in [0.5, 0.6) is 5.75 Å². The Balaban J connectivity index is 1.94. The van der Waals surface area contributed by atoms with Crippen molar-refractivity contribution >= 4 is 23.3 Å². The van der Waals surface area contributed by atoms with E-state index in [1.807, 2.05) is 24.3 Å². The van der Waals surface area contributed by atoms with Gasteiger partial charge in [0.2, 0.25) is 0 Å². The van der Waals surface area contributed by atoms with Crippen molar-refractivity contribution in [2.24, 2.45) is 0 Å². The van der Waals surface area contributed by atoms with E-state index in [4.69, 9.17) is 21.1 Å². The second-order valence-electron chi connectivity index (χ2n) is 4.66. The molecule has 120 valence electrons. The van der Waals surface area contributed by atoms with E-state index in [9.17, 15) is 14.9 Å². The van der Waals surface area contributed by atoms with Crippen LogP contribution in [0.2, 0.25) is 5.02 Å². The predicted molar refractivity (Wildman–Crippen MR) is 85.1 cm³/mol. The molecule has 0 heterocycles. The summed E-state index contributed by atoms with van der Waals surface area (Å²) in [5.41, 5.74) is 0.757. The summed E-state index contributed by atoms with van der Waals surface area (Å²) in [7, 11) is 1.59. The smallest absolute Gasteiger partial charge is 0.338 e. The minimum Gasteiger partial charge on any atom is -0.497 e. The van der Waals surface area contributed by atoms with Crippen LogP contribution in [0, 0.1) is 10.1 Å². The molecule has 2 aromatic carbocycles. The number of hydrogen-bond donors (Lipinski definition) is 0. The fourth-order valence-corrected chi connectivity index (χ4v) is 2.10. The van der Waals surface area contributed by atoms with Crippen LogP contribution in [0.25, 0.3) is 0 Å². The van der Waals surface area contributed by atoms with E-state index in [1.165, 1.54) is 12.1 Å². The lowest BCUT2D eigenvalue weighted by atomic mass is 10.1. The highest BCUT2D eigenvalue weighted by molar-refractivity contribution is 6.32. The monoisotopic (exact) mass is 335 g/mol. The first kappa shape index (κ1) is 16.8. The van der Waals surface area contributed by atoms with E-state index in [2.05, 4.69) is 0 Å². The van der Waals surface area contributed by atoms with Gasteiger partial charge in [-0.05, 0) is 29.8 Å². The third-order valence-corrected chi connectivity index (χ3v) is 3.48.